The smallest absolute Gasteiger partial charge is 0.276 e. The van der Waals surface area contributed by atoms with Gasteiger partial charge >= 0.3 is 0 Å². The topological polar surface area (TPSA) is 68.4 Å². The maximum atomic E-state index is 13.1. The minimum absolute atomic E-state index is 0.0961. The van der Waals surface area contributed by atoms with Crippen molar-refractivity contribution in [2.75, 3.05) is 0 Å². The number of hydrogen-bond acceptors (Lipinski definition) is 3. The summed E-state index contributed by atoms with van der Waals surface area (Å²) in [6.45, 7) is 2.88. The minimum atomic E-state index is -0.128. The maximum absolute atomic E-state index is 13.1. The molecule has 0 saturated carbocycles. The van der Waals surface area contributed by atoms with Gasteiger partial charge in [-0.25, -0.2) is 4.98 Å². The summed E-state index contributed by atoms with van der Waals surface area (Å²) in [5.74, 6) is -0.128. The van der Waals surface area contributed by atoms with Crippen LogP contribution in [0.2, 0.25) is 0 Å². The summed E-state index contributed by atoms with van der Waals surface area (Å²) in [5, 5.41) is 2.96. The molecule has 5 aromatic rings. The van der Waals surface area contributed by atoms with Gasteiger partial charge < -0.3 is 9.72 Å². The van der Waals surface area contributed by atoms with Gasteiger partial charge in [0.05, 0.1) is 12.1 Å². The van der Waals surface area contributed by atoms with E-state index in [1.165, 1.54) is 0 Å². The highest BCUT2D eigenvalue weighted by atomic mass is 16.1. The van der Waals surface area contributed by atoms with E-state index in [4.69, 9.17) is 0 Å². The molecule has 3 aromatic heterocycles. The van der Waals surface area contributed by atoms with Gasteiger partial charge in [-0.2, -0.15) is 0 Å². The first kappa shape index (κ1) is 19.8. The summed E-state index contributed by atoms with van der Waals surface area (Å²) >= 11 is 0. The van der Waals surface area contributed by atoms with Crippen LogP contribution in [-0.4, -0.2) is 19.9 Å². The Kier molecular flexibility index (Phi) is 5.03. The summed E-state index contributed by atoms with van der Waals surface area (Å²) in [5.41, 5.74) is 5.74. The van der Waals surface area contributed by atoms with Crippen molar-refractivity contribution in [3.05, 3.63) is 118 Å². The molecule has 0 aliphatic rings. The molecule has 5 rings (SSSR count). The van der Waals surface area contributed by atoms with Crippen LogP contribution in [0.1, 0.15) is 27.0 Å². The van der Waals surface area contributed by atoms with Gasteiger partial charge in [0.2, 0.25) is 0 Å². The largest absolute Gasteiger partial charge is 0.348 e. The average Bonchev–Trinajstić information content (AvgIpc) is 3.31. The fourth-order valence-electron chi connectivity index (χ4n) is 3.98. The maximum Gasteiger partial charge on any atom is 0.276 e. The Bertz CT molecular complexity index is 1500. The fourth-order valence-corrected chi connectivity index (χ4v) is 3.98. The number of hydrogen-bond donors (Lipinski definition) is 1. The van der Waals surface area contributed by atoms with Crippen molar-refractivity contribution in [3.63, 3.8) is 0 Å². The lowest BCUT2D eigenvalue weighted by Crippen LogP contribution is -2.24. The summed E-state index contributed by atoms with van der Waals surface area (Å²) < 4.78 is 3.54. The number of nitrogens with one attached hydrogen (secondary N) is 1. The Morgan fingerprint density at radius 3 is 2.56 bits per heavy atom. The number of aromatic nitrogens is 3. The van der Waals surface area contributed by atoms with E-state index in [0.717, 1.165) is 22.2 Å². The number of pyridine rings is 1. The molecule has 3 heterocycles. The second-order valence-corrected chi connectivity index (χ2v) is 7.87. The van der Waals surface area contributed by atoms with E-state index in [0.29, 0.717) is 29.8 Å². The normalized spacial score (nSPS) is 11.2. The molecular formula is C26H22N4O2. The second-order valence-electron chi connectivity index (χ2n) is 7.87. The van der Waals surface area contributed by atoms with Crippen molar-refractivity contribution >= 4 is 22.6 Å². The van der Waals surface area contributed by atoms with Crippen molar-refractivity contribution in [1.82, 2.24) is 19.3 Å². The third-order valence-corrected chi connectivity index (χ3v) is 5.59. The van der Waals surface area contributed by atoms with Crippen molar-refractivity contribution in [3.8, 4) is 0 Å². The summed E-state index contributed by atoms with van der Waals surface area (Å²) in [6.07, 6.45) is 3.56. The van der Waals surface area contributed by atoms with E-state index in [-0.39, 0.29) is 11.5 Å². The second kappa shape index (κ2) is 8.15. The lowest BCUT2D eigenvalue weighted by atomic mass is 10.1. The molecule has 158 valence electrons. The average molecular weight is 422 g/mol. The van der Waals surface area contributed by atoms with Crippen molar-refractivity contribution < 1.29 is 4.79 Å². The van der Waals surface area contributed by atoms with Gasteiger partial charge in [-0.15, -0.1) is 0 Å². The Labute approximate surface area is 184 Å². The molecule has 0 bridgehead atoms. The Hall–Kier alpha value is -4.19. The van der Waals surface area contributed by atoms with Crippen LogP contribution in [0.4, 0.5) is 0 Å². The molecule has 0 saturated heterocycles. The van der Waals surface area contributed by atoms with Gasteiger partial charge in [-0.1, -0.05) is 42.0 Å². The van der Waals surface area contributed by atoms with Gasteiger partial charge in [0.1, 0.15) is 5.52 Å². The molecule has 0 spiro atoms. The zero-order valence-electron chi connectivity index (χ0n) is 17.7. The predicted octanol–water partition coefficient (Wildman–Crippen LogP) is 3.94. The van der Waals surface area contributed by atoms with E-state index in [9.17, 15) is 9.59 Å². The molecular weight excluding hydrogens is 400 g/mol. The Morgan fingerprint density at radius 1 is 0.938 bits per heavy atom. The van der Waals surface area contributed by atoms with Crippen LogP contribution < -0.4 is 10.9 Å². The summed E-state index contributed by atoms with van der Waals surface area (Å²) in [6, 6.07) is 22.9. The van der Waals surface area contributed by atoms with Crippen LogP contribution in [0.15, 0.2) is 90.0 Å². The first-order chi connectivity index (χ1) is 15.6. The number of carbonyl (C=O) groups excluding carboxylic acids is 1. The highest BCUT2D eigenvalue weighted by molar-refractivity contribution is 5.94. The highest BCUT2D eigenvalue weighted by Gasteiger charge is 2.12. The van der Waals surface area contributed by atoms with Gasteiger partial charge in [0.25, 0.3) is 11.5 Å². The molecule has 0 aliphatic heterocycles. The van der Waals surface area contributed by atoms with Gasteiger partial charge in [0.15, 0.2) is 5.65 Å². The fraction of sp³-hybridized carbons (Fsp3) is 0.115. The molecule has 1 N–H and O–H groups in total. The number of rotatable bonds is 5. The molecule has 1 amide bonds. The van der Waals surface area contributed by atoms with E-state index in [2.05, 4.69) is 16.4 Å². The molecule has 6 nitrogen and oxygen atoms in total. The van der Waals surface area contributed by atoms with E-state index in [1.807, 2.05) is 72.1 Å². The zero-order valence-corrected chi connectivity index (χ0v) is 17.7. The number of carbonyl (C=O) groups is 1. The SMILES string of the molecule is Cc1cccc(CNC(=O)c2ccc(Cn3c(=O)c4cccn4c4cccnc43)cc2)c1. The number of nitrogens with zero attached hydrogens (tertiary/aromatic N) is 3. The lowest BCUT2D eigenvalue weighted by Gasteiger charge is -2.12. The minimum Gasteiger partial charge on any atom is -0.348 e. The van der Waals surface area contributed by atoms with Crippen molar-refractivity contribution in [2.24, 2.45) is 0 Å². The quantitative estimate of drug-likeness (QED) is 0.467. The molecule has 0 fully saturated rings. The summed E-state index contributed by atoms with van der Waals surface area (Å²) in [7, 11) is 0. The van der Waals surface area contributed by atoms with Crippen LogP contribution >= 0.6 is 0 Å². The van der Waals surface area contributed by atoms with Crippen LogP contribution in [0.3, 0.4) is 0 Å². The zero-order chi connectivity index (χ0) is 22.1. The van der Waals surface area contributed by atoms with E-state index >= 15 is 0 Å². The number of fused-ring (bicyclic) bond motifs is 3. The van der Waals surface area contributed by atoms with Gasteiger partial charge in [0, 0.05) is 24.5 Å². The van der Waals surface area contributed by atoms with Crippen LogP contribution in [0.5, 0.6) is 0 Å². The molecule has 2 aromatic carbocycles. The van der Waals surface area contributed by atoms with Crippen LogP contribution in [-0.2, 0) is 13.1 Å². The van der Waals surface area contributed by atoms with Crippen molar-refractivity contribution in [2.45, 2.75) is 20.0 Å². The van der Waals surface area contributed by atoms with E-state index in [1.54, 1.807) is 22.9 Å². The molecule has 6 heteroatoms. The van der Waals surface area contributed by atoms with Gasteiger partial charge in [-0.3, -0.25) is 14.2 Å². The Balaban J connectivity index is 1.38. The lowest BCUT2D eigenvalue weighted by molar-refractivity contribution is 0.0951. The third kappa shape index (κ3) is 3.67. The predicted molar refractivity (Wildman–Crippen MR) is 125 cm³/mol. The standard InChI is InChI=1S/C26H22N4O2/c1-18-5-2-6-20(15-18)16-28-25(31)21-11-9-19(10-12-21)17-30-24-22(7-3-13-27-24)29-14-4-8-23(29)26(30)32/h2-15H,16-17H2,1H3,(H,28,31). The van der Waals surface area contributed by atoms with E-state index < -0.39 is 0 Å². The molecule has 0 radical (unpaired) electrons. The molecule has 0 atom stereocenters. The molecule has 0 aliphatic carbocycles. The first-order valence-electron chi connectivity index (χ1n) is 10.5. The highest BCUT2D eigenvalue weighted by Crippen LogP contribution is 2.15. The monoisotopic (exact) mass is 422 g/mol. The molecule has 32 heavy (non-hydrogen) atoms. The first-order valence-corrected chi connectivity index (χ1v) is 10.5. The summed E-state index contributed by atoms with van der Waals surface area (Å²) in [4.78, 5) is 30.1. The van der Waals surface area contributed by atoms with Gasteiger partial charge in [-0.05, 0) is 54.4 Å². The number of aryl methyl sites for hydroxylation is 1. The van der Waals surface area contributed by atoms with Crippen LogP contribution in [0.25, 0.3) is 16.7 Å². The Morgan fingerprint density at radius 2 is 1.75 bits per heavy atom. The number of benzene rings is 2. The number of amides is 1. The third-order valence-electron chi connectivity index (χ3n) is 5.59. The van der Waals surface area contributed by atoms with Crippen LogP contribution in [0, 0.1) is 6.92 Å². The molecule has 0 unspecified atom stereocenters. The van der Waals surface area contributed by atoms with Crippen molar-refractivity contribution in [1.29, 1.82) is 0 Å².